The minimum Gasteiger partial charge on any atom is -0.748 e. The minimum absolute atomic E-state index is 0.0273. The normalized spacial score (nSPS) is 14.9. The summed E-state index contributed by atoms with van der Waals surface area (Å²) in [5.41, 5.74) is 4.08. The van der Waals surface area contributed by atoms with Crippen molar-refractivity contribution in [3.05, 3.63) is 137 Å². The highest BCUT2D eigenvalue weighted by atomic mass is 32.2. The second-order valence-electron chi connectivity index (χ2n) is 23.9. The Bertz CT molecular complexity index is 4370. The number of pyridine rings is 2. The summed E-state index contributed by atoms with van der Waals surface area (Å²) in [6.45, 7) is 14.7. The zero-order valence-electron chi connectivity index (χ0n) is 52.5. The monoisotopic (exact) mass is 1320 g/mol. The molecule has 7 N–H and O–H groups in total. The van der Waals surface area contributed by atoms with E-state index in [1.54, 1.807) is 19.1 Å². The third-order valence-corrected chi connectivity index (χ3v) is 18.8. The van der Waals surface area contributed by atoms with Gasteiger partial charge in [0.15, 0.2) is 5.71 Å². The third kappa shape index (κ3) is 16.0. The Morgan fingerprint density at radius 2 is 1.15 bits per heavy atom. The van der Waals surface area contributed by atoms with Crippen molar-refractivity contribution in [3.8, 4) is 22.3 Å². The Hall–Kier alpha value is -8.27. The average molecular weight is 1320 g/mol. The highest BCUT2D eigenvalue weighted by Gasteiger charge is 2.47. The van der Waals surface area contributed by atoms with Gasteiger partial charge in [-0.25, -0.2) is 18.4 Å². The summed E-state index contributed by atoms with van der Waals surface area (Å²) >= 11 is 0. The van der Waals surface area contributed by atoms with Gasteiger partial charge in [-0.15, -0.1) is 0 Å². The van der Waals surface area contributed by atoms with Crippen LogP contribution in [-0.4, -0.2) is 145 Å². The van der Waals surface area contributed by atoms with E-state index in [0.717, 1.165) is 52.7 Å². The first kappa shape index (κ1) is 69.6. The molecule has 2 aromatic heterocycles. The number of amides is 4. The van der Waals surface area contributed by atoms with Gasteiger partial charge in [0, 0.05) is 79.5 Å². The SMILES string of the molecule is CCCCCNC(=O)c1cc(-c2cc3c(c4ccccc24)[N+](CCCS(=O)(=O)[O-])=C(/C=C/C=C2/N(CCC)c4c(cc(-c5cc(C(=O)NCCCCCC(=O)O)nc(C(=O)NCCS(=O)(=O)O)c5)c5ccc(S(=O)(=O)O)cc45)C2(C)C)C3(C)C)cc(C(=O)NCC)n1. The maximum atomic E-state index is 13.9. The number of nitrogens with zero attached hydrogens (tertiary/aromatic N) is 4. The number of rotatable bonds is 29. The number of aromatic nitrogens is 2. The molecule has 4 aromatic carbocycles. The van der Waals surface area contributed by atoms with Crippen molar-refractivity contribution in [2.75, 3.05) is 55.7 Å². The topological polar surface area (TPSA) is 352 Å². The molecule has 0 saturated carbocycles. The van der Waals surface area contributed by atoms with Crippen LogP contribution in [-0.2, 0) is 46.0 Å². The van der Waals surface area contributed by atoms with E-state index in [4.69, 9.17) is 5.11 Å². The fourth-order valence-corrected chi connectivity index (χ4v) is 13.4. The molecule has 2 aliphatic heterocycles. The minimum atomic E-state index is -4.81. The van der Waals surface area contributed by atoms with E-state index in [1.807, 2.05) is 93.8 Å². The molecule has 2 aliphatic rings. The van der Waals surface area contributed by atoms with Gasteiger partial charge in [0.2, 0.25) is 5.69 Å². The van der Waals surface area contributed by atoms with Gasteiger partial charge in [-0.05, 0) is 146 Å². The lowest BCUT2D eigenvalue weighted by Crippen LogP contribution is -2.31. The summed E-state index contributed by atoms with van der Waals surface area (Å²) in [4.78, 5) is 76.6. The van der Waals surface area contributed by atoms with E-state index in [-0.39, 0.29) is 54.3 Å². The van der Waals surface area contributed by atoms with E-state index in [0.29, 0.717) is 84.0 Å². The number of hydrogen-bond acceptors (Lipinski definition) is 15. The van der Waals surface area contributed by atoms with Crippen LogP contribution in [0.25, 0.3) is 43.8 Å². The molecule has 0 aliphatic carbocycles. The molecule has 0 radical (unpaired) electrons. The number of benzene rings is 4. The van der Waals surface area contributed by atoms with E-state index in [9.17, 15) is 62.9 Å². The fourth-order valence-electron chi connectivity index (χ4n) is 12.0. The average Bonchev–Trinajstić information content (AvgIpc) is 1.54. The van der Waals surface area contributed by atoms with Gasteiger partial charge in [-0.3, -0.25) is 33.1 Å². The molecule has 0 spiro atoms. The van der Waals surface area contributed by atoms with Crippen LogP contribution in [0.15, 0.2) is 108 Å². The summed E-state index contributed by atoms with van der Waals surface area (Å²) in [5, 5.41) is 22.4. The number of unbranched alkanes of at least 4 members (excludes halogenated alkanes) is 4. The fraction of sp³-hybridized carbons (Fsp3) is 0.394. The van der Waals surface area contributed by atoms with Crippen LogP contribution in [0, 0.1) is 0 Å². The van der Waals surface area contributed by atoms with Crippen molar-refractivity contribution < 1.29 is 72.6 Å². The molecular weight excluding hydrogens is 1240 g/mol. The first-order valence-electron chi connectivity index (χ1n) is 30.6. The van der Waals surface area contributed by atoms with Crippen molar-refractivity contribution in [1.82, 2.24) is 31.2 Å². The molecular formula is C66H78N8O15S3. The number of allylic oxidation sites excluding steroid dienone is 4. The van der Waals surface area contributed by atoms with Gasteiger partial charge < -0.3 is 35.8 Å². The second kappa shape index (κ2) is 28.7. The molecule has 490 valence electrons. The van der Waals surface area contributed by atoms with Gasteiger partial charge >= 0.3 is 5.97 Å². The summed E-state index contributed by atoms with van der Waals surface area (Å²) in [6, 6.07) is 21.8. The van der Waals surface area contributed by atoms with Crippen LogP contribution in [0.4, 0.5) is 11.4 Å². The standard InChI is InChI=1S/C66H78N8O15S3/c1-8-11-16-27-68-62(78)53-35-41(34-52(71-53)61(77)67-10-3)47-39-50-59(46-21-15-14-20-44(46)47)74(31-19-32-90(81,82)83)57(65(50,4)5)23-18-22-56-66(6,7)51-40-48(45-26-25-43(92(87,88)89)38-49(45)60(51)73(56)30-9-2)42-36-54(63(79)69-28-17-12-13-24-58(75)76)72-55(37-42)64(80)70-29-33-91(84,85)86/h14-15,18,20-23,25-26,34-40H,8-13,16-17,19,24,27-33H2,1-7H3,(H7-,67,68,69,70,75,76,77,78,79,80,81,82,83,84,85,86,87,88,89). The van der Waals surface area contributed by atoms with Crippen LogP contribution >= 0.6 is 0 Å². The predicted molar refractivity (Wildman–Crippen MR) is 351 cm³/mol. The Morgan fingerprint density at radius 1 is 0.609 bits per heavy atom. The van der Waals surface area contributed by atoms with Crippen molar-refractivity contribution in [3.63, 3.8) is 0 Å². The smallest absolute Gasteiger partial charge is 0.303 e. The lowest BCUT2D eigenvalue weighted by atomic mass is 9.79. The number of carbonyl (C=O) groups is 5. The molecule has 4 amide bonds. The van der Waals surface area contributed by atoms with E-state index < -0.39 is 93.7 Å². The maximum absolute atomic E-state index is 13.9. The van der Waals surface area contributed by atoms with Crippen molar-refractivity contribution in [2.45, 2.75) is 122 Å². The van der Waals surface area contributed by atoms with Gasteiger partial charge in [-0.1, -0.05) is 77.3 Å². The number of hydrogen-bond donors (Lipinski definition) is 7. The summed E-state index contributed by atoms with van der Waals surface area (Å²) in [7, 11) is -13.9. The summed E-state index contributed by atoms with van der Waals surface area (Å²) in [6.07, 6.45) is 10.2. The van der Waals surface area contributed by atoms with Crippen molar-refractivity contribution in [2.24, 2.45) is 0 Å². The molecule has 6 aromatic rings. The molecule has 26 heteroatoms. The molecule has 23 nitrogen and oxygen atoms in total. The number of nitrogens with one attached hydrogen (secondary N) is 4. The second-order valence-corrected chi connectivity index (χ2v) is 28.4. The third-order valence-electron chi connectivity index (χ3n) is 16.5. The molecule has 0 saturated heterocycles. The Morgan fingerprint density at radius 3 is 1.68 bits per heavy atom. The van der Waals surface area contributed by atoms with Crippen LogP contribution in [0.5, 0.6) is 0 Å². The molecule has 0 bridgehead atoms. The van der Waals surface area contributed by atoms with Crippen LogP contribution < -0.4 is 26.2 Å². The van der Waals surface area contributed by atoms with Gasteiger partial charge in [0.25, 0.3) is 43.9 Å². The number of carboxylic acid groups (broad SMARTS) is 1. The summed E-state index contributed by atoms with van der Waals surface area (Å²) in [5.74, 6) is -4.87. The molecule has 4 heterocycles. The number of anilines is 1. The maximum Gasteiger partial charge on any atom is 0.303 e. The first-order chi connectivity index (χ1) is 43.4. The lowest BCUT2D eigenvalue weighted by Gasteiger charge is -2.27. The molecule has 0 unspecified atom stereocenters. The predicted octanol–water partition coefficient (Wildman–Crippen LogP) is 8.99. The molecule has 8 rings (SSSR count). The molecule has 0 atom stereocenters. The lowest BCUT2D eigenvalue weighted by molar-refractivity contribution is -0.435. The number of carboxylic acids is 1. The van der Waals surface area contributed by atoms with Crippen LogP contribution in [0.3, 0.4) is 0 Å². The number of aliphatic carboxylic acids is 1. The van der Waals surface area contributed by atoms with Gasteiger partial charge in [-0.2, -0.15) is 21.4 Å². The van der Waals surface area contributed by atoms with E-state index in [2.05, 4.69) is 43.1 Å². The number of fused-ring (bicyclic) bond motifs is 6. The van der Waals surface area contributed by atoms with Crippen molar-refractivity contribution in [1.29, 1.82) is 0 Å². The largest absolute Gasteiger partial charge is 0.748 e. The van der Waals surface area contributed by atoms with Gasteiger partial charge in [0.1, 0.15) is 29.3 Å². The zero-order valence-corrected chi connectivity index (χ0v) is 55.0. The Labute approximate surface area is 536 Å². The number of carbonyl (C=O) groups excluding carboxylic acids is 4. The zero-order chi connectivity index (χ0) is 67.1. The van der Waals surface area contributed by atoms with Crippen LogP contribution in [0.2, 0.25) is 0 Å². The Balaban J connectivity index is 1.28. The first-order valence-corrected chi connectivity index (χ1v) is 35.3. The summed E-state index contributed by atoms with van der Waals surface area (Å²) < 4.78 is 108. The highest BCUT2D eigenvalue weighted by Crippen LogP contribution is 2.54. The van der Waals surface area contributed by atoms with Gasteiger partial charge in [0.05, 0.1) is 37.3 Å². The van der Waals surface area contributed by atoms with Crippen molar-refractivity contribution >= 4 is 98.6 Å². The molecule has 92 heavy (non-hydrogen) atoms. The van der Waals surface area contributed by atoms with Crippen LogP contribution in [0.1, 0.15) is 159 Å². The Kier molecular flexibility index (Phi) is 21.7. The highest BCUT2D eigenvalue weighted by molar-refractivity contribution is 7.86. The van der Waals surface area contributed by atoms with E-state index >= 15 is 0 Å². The van der Waals surface area contributed by atoms with E-state index in [1.165, 1.54) is 30.3 Å². The molecule has 0 fully saturated rings. The quantitative estimate of drug-likeness (QED) is 0.0131.